The van der Waals surface area contributed by atoms with Gasteiger partial charge in [-0.25, -0.2) is 0 Å². The Labute approximate surface area is 162 Å². The molecular weight excluding hydrogens is 424 g/mol. The van der Waals surface area contributed by atoms with E-state index in [1.165, 1.54) is 23.5 Å². The van der Waals surface area contributed by atoms with E-state index in [2.05, 4.69) is 10.1 Å². The lowest BCUT2D eigenvalue weighted by molar-refractivity contribution is -0.137. The largest absolute Gasteiger partial charge is 0.457 e. The maximum absolute atomic E-state index is 12.7. The molecule has 0 aliphatic carbocycles. The minimum absolute atomic E-state index is 0.0996. The van der Waals surface area contributed by atoms with Crippen LogP contribution in [0, 0.1) is 0 Å². The van der Waals surface area contributed by atoms with Gasteiger partial charge in [0, 0.05) is 5.75 Å². The van der Waals surface area contributed by atoms with Gasteiger partial charge in [0.15, 0.2) is 0 Å². The molecule has 0 spiro atoms. The molecule has 0 amide bonds. The van der Waals surface area contributed by atoms with Crippen molar-refractivity contribution in [3.05, 3.63) is 41.3 Å². The highest BCUT2D eigenvalue weighted by Gasteiger charge is 2.30. The monoisotopic (exact) mass is 442 g/mol. The fraction of sp³-hybridized carbons (Fsp3) is 0.467. The number of hydrogen-bond donors (Lipinski definition) is 0. The van der Waals surface area contributed by atoms with Crippen molar-refractivity contribution in [3.8, 4) is 6.01 Å². The molecule has 1 aromatic carbocycles. The molecule has 0 N–H and O–H groups in total. The van der Waals surface area contributed by atoms with Gasteiger partial charge >= 0.3 is 18.0 Å². The molecule has 0 saturated carbocycles. The van der Waals surface area contributed by atoms with Crippen LogP contribution in [0.1, 0.15) is 30.9 Å². The molecule has 0 fully saturated rings. The number of benzene rings is 1. The number of aromatic nitrogens is 2. The summed E-state index contributed by atoms with van der Waals surface area (Å²) < 4.78 is 66.2. The van der Waals surface area contributed by atoms with E-state index in [0.29, 0.717) is 17.9 Å². The molecular formula is C15H18F3N2O4PS2. The van der Waals surface area contributed by atoms with Gasteiger partial charge in [0.1, 0.15) is 6.61 Å². The highest BCUT2D eigenvalue weighted by atomic mass is 33.1. The third-order valence-electron chi connectivity index (χ3n) is 2.99. The first-order valence-corrected chi connectivity index (χ1v) is 12.7. The summed E-state index contributed by atoms with van der Waals surface area (Å²) in [6.07, 6.45) is -4.42. The van der Waals surface area contributed by atoms with Crippen LogP contribution in [0.3, 0.4) is 0 Å². The second-order valence-electron chi connectivity index (χ2n) is 5.01. The molecule has 150 valence electrons. The van der Waals surface area contributed by atoms with Crippen LogP contribution < -0.4 is 4.74 Å². The second kappa shape index (κ2) is 9.86. The molecule has 0 bridgehead atoms. The number of halogens is 3. The predicted molar refractivity (Wildman–Crippen MR) is 98.7 cm³/mol. The lowest BCUT2D eigenvalue weighted by Crippen LogP contribution is -2.06. The normalized spacial score (nSPS) is 14.1. The summed E-state index contributed by atoms with van der Waals surface area (Å²) in [7, 11) is 0. The van der Waals surface area contributed by atoms with Crippen LogP contribution in [0.5, 0.6) is 6.01 Å². The summed E-state index contributed by atoms with van der Waals surface area (Å²) >= 11 is 2.30. The van der Waals surface area contributed by atoms with Crippen LogP contribution in [0.4, 0.5) is 13.2 Å². The van der Waals surface area contributed by atoms with E-state index in [1.807, 2.05) is 6.92 Å². The molecule has 0 aliphatic rings. The lowest BCUT2D eigenvalue weighted by Gasteiger charge is -2.13. The van der Waals surface area contributed by atoms with Crippen LogP contribution in [0.15, 0.2) is 28.8 Å². The van der Waals surface area contributed by atoms with Gasteiger partial charge in [-0.05, 0) is 41.2 Å². The van der Waals surface area contributed by atoms with Crippen molar-refractivity contribution in [3.63, 3.8) is 0 Å². The van der Waals surface area contributed by atoms with Crippen molar-refractivity contribution in [2.45, 2.75) is 32.4 Å². The van der Waals surface area contributed by atoms with E-state index in [9.17, 15) is 17.7 Å². The topological polar surface area (TPSA) is 74.5 Å². The summed E-state index contributed by atoms with van der Waals surface area (Å²) in [5.41, 5.74) is -0.431. The van der Waals surface area contributed by atoms with Gasteiger partial charge in [-0.3, -0.25) is 4.57 Å². The zero-order chi connectivity index (χ0) is 19.9. The third kappa shape index (κ3) is 7.06. The Hall–Kier alpha value is -1.16. The first-order chi connectivity index (χ1) is 12.8. The minimum Gasteiger partial charge on any atom is -0.457 e. The lowest BCUT2D eigenvalue weighted by atomic mass is 10.1. The Morgan fingerprint density at radius 2 is 2.04 bits per heavy atom. The Kier molecular flexibility index (Phi) is 8.08. The molecule has 0 radical (unpaired) electrons. The van der Waals surface area contributed by atoms with Crippen LogP contribution >= 0.6 is 28.5 Å². The summed E-state index contributed by atoms with van der Waals surface area (Å²) in [4.78, 5) is 3.99. The molecule has 0 unspecified atom stereocenters. The Morgan fingerprint density at radius 1 is 1.26 bits per heavy atom. The van der Waals surface area contributed by atoms with Crippen molar-refractivity contribution < 1.29 is 31.5 Å². The van der Waals surface area contributed by atoms with Crippen molar-refractivity contribution in [1.82, 2.24) is 10.1 Å². The first-order valence-electron chi connectivity index (χ1n) is 7.91. The number of hydrogen-bond acceptors (Lipinski definition) is 8. The predicted octanol–water partition coefficient (Wildman–Crippen LogP) is 5.80. The number of alkyl halides is 3. The summed E-state index contributed by atoms with van der Waals surface area (Å²) in [5, 5.41) is 3.61. The molecule has 1 aromatic heterocycles. The Balaban J connectivity index is 1.92. The van der Waals surface area contributed by atoms with Crippen molar-refractivity contribution in [2.75, 3.05) is 12.4 Å². The van der Waals surface area contributed by atoms with E-state index in [1.54, 1.807) is 6.92 Å². The van der Waals surface area contributed by atoms with Crippen molar-refractivity contribution in [1.29, 1.82) is 0 Å². The number of nitrogens with zero attached hydrogens (tertiary/aromatic N) is 2. The number of rotatable bonds is 10. The fourth-order valence-corrected chi connectivity index (χ4v) is 8.30. The van der Waals surface area contributed by atoms with E-state index in [0.717, 1.165) is 23.5 Å². The summed E-state index contributed by atoms with van der Waals surface area (Å²) in [6.45, 7) is 3.82. The molecule has 6 nitrogen and oxygen atoms in total. The maximum Gasteiger partial charge on any atom is 0.416 e. The summed E-state index contributed by atoms with van der Waals surface area (Å²) in [5.74, 6) is -1.90. The molecule has 2 rings (SSSR count). The number of ether oxygens (including phenoxy) is 1. The zero-order valence-corrected chi connectivity index (χ0v) is 17.1. The van der Waals surface area contributed by atoms with E-state index < -0.39 is 17.5 Å². The molecule has 1 atom stereocenters. The third-order valence-corrected chi connectivity index (χ3v) is 10.4. The van der Waals surface area contributed by atoms with E-state index in [-0.39, 0.29) is 24.3 Å². The van der Waals surface area contributed by atoms with Crippen LogP contribution in [0.25, 0.3) is 0 Å². The zero-order valence-electron chi connectivity index (χ0n) is 14.6. The Bertz CT molecular complexity index is 778. The second-order valence-corrected chi connectivity index (χ2v) is 12.7. The Morgan fingerprint density at radius 3 is 2.70 bits per heavy atom. The molecule has 12 heteroatoms. The van der Waals surface area contributed by atoms with Gasteiger partial charge < -0.3 is 13.8 Å². The average Bonchev–Trinajstić information content (AvgIpc) is 3.06. The molecule has 0 aliphatic heterocycles. The molecule has 27 heavy (non-hydrogen) atoms. The smallest absolute Gasteiger partial charge is 0.416 e. The van der Waals surface area contributed by atoms with Gasteiger partial charge in [0.2, 0.25) is 5.89 Å². The van der Waals surface area contributed by atoms with Gasteiger partial charge in [-0.2, -0.15) is 18.2 Å². The van der Waals surface area contributed by atoms with Crippen LogP contribution in [-0.4, -0.2) is 22.5 Å². The molecule has 2 aromatic rings. The van der Waals surface area contributed by atoms with Gasteiger partial charge in [-0.15, -0.1) is 0 Å². The fourth-order valence-electron chi connectivity index (χ4n) is 1.90. The van der Waals surface area contributed by atoms with Crippen LogP contribution in [0.2, 0.25) is 0 Å². The molecule has 1 heterocycles. The van der Waals surface area contributed by atoms with Crippen molar-refractivity contribution in [2.24, 2.45) is 0 Å². The van der Waals surface area contributed by atoms with Crippen molar-refractivity contribution >= 4 is 28.5 Å². The maximum atomic E-state index is 12.7. The quantitative estimate of drug-likeness (QED) is 0.428. The molecule has 0 saturated heterocycles. The van der Waals surface area contributed by atoms with Gasteiger partial charge in [0.05, 0.1) is 17.9 Å². The average molecular weight is 442 g/mol. The summed E-state index contributed by atoms with van der Waals surface area (Å²) in [6, 6.07) is 4.69. The van der Waals surface area contributed by atoms with E-state index in [4.69, 9.17) is 13.8 Å². The van der Waals surface area contributed by atoms with Gasteiger partial charge in [0.25, 0.3) is 0 Å². The van der Waals surface area contributed by atoms with Crippen LogP contribution in [-0.2, 0) is 27.6 Å². The van der Waals surface area contributed by atoms with E-state index >= 15 is 0 Å². The first kappa shape index (κ1) is 22.1. The SMILES string of the molecule is CCO[P@@](=O)(SCC)SCc1nc(OCc2cccc(C(F)(F)F)c2)no1. The highest BCUT2D eigenvalue weighted by Crippen LogP contribution is 2.70. The standard InChI is InChI=1S/C15H18F3N2O4PS2/c1-3-23-25(21,26-4-2)27-10-13-19-14(20-24-13)22-9-11-6-5-7-12(8-11)15(16,17)18/h5-8H,3-4,9-10H2,1-2H3/t25-/m0/s1. The highest BCUT2D eigenvalue weighted by molar-refractivity contribution is 8.89. The van der Waals surface area contributed by atoms with Gasteiger partial charge in [-0.1, -0.05) is 30.4 Å². The minimum atomic E-state index is -4.42.